The molecule has 0 radical (unpaired) electrons. The standard InChI is InChI=1S/C32H31Cl2N5O5/c1-38-17-24(31(42)39(2)32(38)43)29(41)36-26-9-5-7-22(28(26)34)21-6-4-8-23(27(21)33)25-13-11-19(30(37-25)44-3)16-35-15-18-10-12-20(40)14-18/h4-9,11,13,17-18,35H,10,12,14-16H2,1-3H3,(H,36,41)/t18-/m1/s1. The molecule has 0 saturated heterocycles. The first kappa shape index (κ1) is 31.2. The molecule has 0 unspecified atom stereocenters. The number of hydrogen-bond acceptors (Lipinski definition) is 7. The number of aryl methyl sites for hydroxylation is 1. The van der Waals surface area contributed by atoms with Crippen molar-refractivity contribution in [3.8, 4) is 28.3 Å². The van der Waals surface area contributed by atoms with Crippen LogP contribution < -0.4 is 26.6 Å². The number of amides is 1. The Morgan fingerprint density at radius 3 is 2.41 bits per heavy atom. The molecule has 2 heterocycles. The maximum Gasteiger partial charge on any atom is 0.330 e. The van der Waals surface area contributed by atoms with Crippen LogP contribution in [0.25, 0.3) is 22.4 Å². The van der Waals surface area contributed by atoms with Gasteiger partial charge in [0.15, 0.2) is 0 Å². The number of halogens is 2. The molecule has 1 saturated carbocycles. The van der Waals surface area contributed by atoms with Gasteiger partial charge in [0.2, 0.25) is 5.88 Å². The van der Waals surface area contributed by atoms with Crippen LogP contribution in [0.4, 0.5) is 5.69 Å². The minimum absolute atomic E-state index is 0.205. The summed E-state index contributed by atoms with van der Waals surface area (Å²) in [5.74, 6) is 0.446. The summed E-state index contributed by atoms with van der Waals surface area (Å²) in [7, 11) is 4.32. The number of ether oxygens (including phenoxy) is 1. The number of carbonyl (C=O) groups is 2. The normalized spacial score (nSPS) is 14.6. The summed E-state index contributed by atoms with van der Waals surface area (Å²) in [5.41, 5.74) is 2.11. The van der Waals surface area contributed by atoms with Crippen LogP contribution in [0.15, 0.2) is 64.3 Å². The predicted molar refractivity (Wildman–Crippen MR) is 171 cm³/mol. The van der Waals surface area contributed by atoms with Gasteiger partial charge in [0.1, 0.15) is 11.3 Å². The number of ketones is 1. The highest BCUT2D eigenvalue weighted by Crippen LogP contribution is 2.41. The first-order valence-electron chi connectivity index (χ1n) is 14.0. The molecular weight excluding hydrogens is 605 g/mol. The summed E-state index contributed by atoms with van der Waals surface area (Å²) in [4.78, 5) is 53.9. The quantitative estimate of drug-likeness (QED) is 0.270. The van der Waals surface area contributed by atoms with E-state index in [4.69, 9.17) is 32.9 Å². The van der Waals surface area contributed by atoms with E-state index in [1.165, 1.54) is 20.3 Å². The molecule has 44 heavy (non-hydrogen) atoms. The zero-order chi connectivity index (χ0) is 31.5. The van der Waals surface area contributed by atoms with Gasteiger partial charge < -0.3 is 19.9 Å². The topological polar surface area (TPSA) is 124 Å². The average molecular weight is 637 g/mol. The highest BCUT2D eigenvalue weighted by Gasteiger charge is 2.22. The summed E-state index contributed by atoms with van der Waals surface area (Å²) in [5, 5.41) is 6.71. The van der Waals surface area contributed by atoms with Gasteiger partial charge in [-0.15, -0.1) is 0 Å². The summed E-state index contributed by atoms with van der Waals surface area (Å²) < 4.78 is 7.61. The molecule has 4 aromatic rings. The second-order valence-corrected chi connectivity index (χ2v) is 11.5. The van der Waals surface area contributed by atoms with Gasteiger partial charge in [0.25, 0.3) is 11.5 Å². The Bertz CT molecular complexity index is 1880. The molecule has 2 aromatic carbocycles. The predicted octanol–water partition coefficient (Wildman–Crippen LogP) is 4.84. The average Bonchev–Trinajstić information content (AvgIpc) is 3.44. The van der Waals surface area contributed by atoms with E-state index in [0.29, 0.717) is 64.4 Å². The molecule has 1 atom stereocenters. The van der Waals surface area contributed by atoms with E-state index >= 15 is 0 Å². The highest BCUT2D eigenvalue weighted by atomic mass is 35.5. The van der Waals surface area contributed by atoms with Crippen molar-refractivity contribution in [3.05, 3.63) is 96.7 Å². The van der Waals surface area contributed by atoms with Crippen LogP contribution in [0, 0.1) is 5.92 Å². The van der Waals surface area contributed by atoms with Crippen molar-refractivity contribution in [2.75, 3.05) is 19.0 Å². The first-order chi connectivity index (χ1) is 21.1. The fourth-order valence-corrected chi connectivity index (χ4v) is 5.93. The lowest BCUT2D eigenvalue weighted by molar-refractivity contribution is -0.117. The van der Waals surface area contributed by atoms with Crippen LogP contribution in [0.3, 0.4) is 0 Å². The molecule has 0 aliphatic heterocycles. The van der Waals surface area contributed by atoms with Gasteiger partial charge in [-0.3, -0.25) is 19.0 Å². The molecule has 5 rings (SSSR count). The van der Waals surface area contributed by atoms with Crippen LogP contribution in [0.1, 0.15) is 35.2 Å². The zero-order valence-electron chi connectivity index (χ0n) is 24.4. The largest absolute Gasteiger partial charge is 0.481 e. The van der Waals surface area contributed by atoms with Gasteiger partial charge in [-0.1, -0.05) is 59.6 Å². The number of hydrogen-bond donors (Lipinski definition) is 2. The molecule has 0 spiro atoms. The van der Waals surface area contributed by atoms with E-state index in [-0.39, 0.29) is 16.3 Å². The Balaban J connectivity index is 1.40. The summed E-state index contributed by atoms with van der Waals surface area (Å²) >= 11 is 13.7. The van der Waals surface area contributed by atoms with E-state index in [1.54, 1.807) is 25.3 Å². The van der Waals surface area contributed by atoms with E-state index in [2.05, 4.69) is 10.6 Å². The molecule has 12 heteroatoms. The van der Waals surface area contributed by atoms with E-state index < -0.39 is 17.2 Å². The SMILES string of the molecule is COc1nc(-c2cccc(-c3cccc(NC(=O)c4cn(C)c(=O)n(C)c4=O)c3Cl)c2Cl)ccc1CNC[C@@H]1CCC(=O)C1. The fourth-order valence-electron chi connectivity index (χ4n) is 5.33. The molecule has 0 bridgehead atoms. The monoisotopic (exact) mass is 635 g/mol. The van der Waals surface area contributed by atoms with Gasteiger partial charge in [0.05, 0.1) is 28.5 Å². The van der Waals surface area contributed by atoms with Crippen molar-refractivity contribution in [2.45, 2.75) is 25.8 Å². The Morgan fingerprint density at radius 1 is 1.00 bits per heavy atom. The number of rotatable bonds is 9. The summed E-state index contributed by atoms with van der Waals surface area (Å²) in [6.45, 7) is 1.31. The van der Waals surface area contributed by atoms with E-state index in [0.717, 1.165) is 27.7 Å². The molecule has 1 aliphatic rings. The lowest BCUT2D eigenvalue weighted by Gasteiger charge is -2.16. The molecule has 2 aromatic heterocycles. The second-order valence-electron chi connectivity index (χ2n) is 10.7. The number of benzene rings is 2. The minimum Gasteiger partial charge on any atom is -0.481 e. The number of anilines is 1. The van der Waals surface area contributed by atoms with Crippen LogP contribution in [-0.2, 0) is 25.4 Å². The van der Waals surface area contributed by atoms with Gasteiger partial charge in [0, 0.05) is 61.9 Å². The summed E-state index contributed by atoms with van der Waals surface area (Å²) in [6, 6.07) is 14.4. The van der Waals surface area contributed by atoms with Crippen LogP contribution >= 0.6 is 23.2 Å². The van der Waals surface area contributed by atoms with Crippen LogP contribution in [-0.4, -0.2) is 39.5 Å². The van der Waals surface area contributed by atoms with Gasteiger partial charge in [-0.25, -0.2) is 9.78 Å². The second kappa shape index (κ2) is 13.2. The number of nitrogens with one attached hydrogen (secondary N) is 2. The molecule has 2 N–H and O–H groups in total. The lowest BCUT2D eigenvalue weighted by Crippen LogP contribution is -2.40. The van der Waals surface area contributed by atoms with Crippen molar-refractivity contribution in [2.24, 2.45) is 20.0 Å². The third-order valence-electron chi connectivity index (χ3n) is 7.73. The van der Waals surface area contributed by atoms with Crippen LogP contribution in [0.2, 0.25) is 10.0 Å². The molecule has 1 aliphatic carbocycles. The molecular formula is C32H31Cl2N5O5. The third-order valence-corrected chi connectivity index (χ3v) is 8.55. The molecule has 1 amide bonds. The maximum absolute atomic E-state index is 13.0. The lowest BCUT2D eigenvalue weighted by atomic mass is 10.00. The third kappa shape index (κ3) is 6.33. The van der Waals surface area contributed by atoms with Crippen molar-refractivity contribution in [1.29, 1.82) is 0 Å². The van der Waals surface area contributed by atoms with Crippen molar-refractivity contribution < 1.29 is 14.3 Å². The molecule has 1 fully saturated rings. The number of carbonyl (C=O) groups excluding carboxylic acids is 2. The van der Waals surface area contributed by atoms with Crippen molar-refractivity contribution in [3.63, 3.8) is 0 Å². The number of aromatic nitrogens is 3. The minimum atomic E-state index is -0.719. The smallest absolute Gasteiger partial charge is 0.330 e. The number of Topliss-reactive ketones (excluding diaryl/α,β-unsaturated/α-hetero) is 1. The Morgan fingerprint density at radius 2 is 1.70 bits per heavy atom. The Labute approximate surface area is 263 Å². The van der Waals surface area contributed by atoms with Gasteiger partial charge >= 0.3 is 5.69 Å². The molecule has 10 nitrogen and oxygen atoms in total. The van der Waals surface area contributed by atoms with Crippen LogP contribution in [0.5, 0.6) is 5.88 Å². The number of pyridine rings is 1. The van der Waals surface area contributed by atoms with Gasteiger partial charge in [-0.05, 0) is 31.0 Å². The van der Waals surface area contributed by atoms with Gasteiger partial charge in [-0.2, -0.15) is 0 Å². The number of methoxy groups -OCH3 is 1. The fraction of sp³-hybridized carbons (Fsp3) is 0.281. The van der Waals surface area contributed by atoms with E-state index in [9.17, 15) is 19.2 Å². The first-order valence-corrected chi connectivity index (χ1v) is 14.8. The van der Waals surface area contributed by atoms with E-state index in [1.807, 2.05) is 30.3 Å². The number of nitrogens with zero attached hydrogens (tertiary/aromatic N) is 3. The zero-order valence-corrected chi connectivity index (χ0v) is 26.0. The maximum atomic E-state index is 13.0. The summed E-state index contributed by atoms with van der Waals surface area (Å²) in [6.07, 6.45) is 3.40. The highest BCUT2D eigenvalue weighted by molar-refractivity contribution is 6.39. The van der Waals surface area contributed by atoms with Crippen molar-refractivity contribution >= 4 is 40.6 Å². The Hall–Kier alpha value is -4.25. The van der Waals surface area contributed by atoms with Crippen molar-refractivity contribution in [1.82, 2.24) is 19.4 Å². The molecule has 228 valence electrons. The Kier molecular flexibility index (Phi) is 9.33.